The van der Waals surface area contributed by atoms with Gasteiger partial charge in [0.1, 0.15) is 0 Å². The second kappa shape index (κ2) is 6.00. The van der Waals surface area contributed by atoms with Crippen molar-refractivity contribution in [1.29, 1.82) is 0 Å². The van der Waals surface area contributed by atoms with Crippen molar-refractivity contribution in [3.63, 3.8) is 0 Å². The Bertz CT molecular complexity index is 511. The summed E-state index contributed by atoms with van der Waals surface area (Å²) in [5.74, 6) is 0.312. The minimum Gasteiger partial charge on any atom is -0.369 e. The minimum atomic E-state index is -5.86. The molecule has 1 rings (SSSR count). The maximum Gasteiger partial charge on any atom is 0.430 e. The zero-order chi connectivity index (χ0) is 18.3. The van der Waals surface area contributed by atoms with Crippen molar-refractivity contribution in [2.75, 3.05) is 0 Å². The van der Waals surface area contributed by atoms with E-state index in [1.165, 1.54) is 12.1 Å². The third-order valence-corrected chi connectivity index (χ3v) is 3.82. The van der Waals surface area contributed by atoms with Gasteiger partial charge in [0.25, 0.3) is 5.60 Å². The number of hydrogen-bond acceptors (Lipinski definition) is 1. The normalized spacial score (nSPS) is 14.4. The van der Waals surface area contributed by atoms with Crippen molar-refractivity contribution >= 4 is 0 Å². The van der Waals surface area contributed by atoms with Crippen LogP contribution in [0.3, 0.4) is 0 Å². The van der Waals surface area contributed by atoms with Crippen LogP contribution in [-0.4, -0.2) is 17.5 Å². The fourth-order valence-electron chi connectivity index (χ4n) is 2.79. The molecule has 0 saturated carbocycles. The topological polar surface area (TPSA) is 20.2 Å². The summed E-state index contributed by atoms with van der Waals surface area (Å²) in [4.78, 5) is 0. The number of hydrogen-bond donors (Lipinski definition) is 1. The van der Waals surface area contributed by atoms with E-state index in [2.05, 4.69) is 0 Å². The van der Waals surface area contributed by atoms with Gasteiger partial charge in [-0.3, -0.25) is 0 Å². The Hall–Kier alpha value is -1.24. The van der Waals surface area contributed by atoms with Crippen molar-refractivity contribution in [2.24, 2.45) is 5.92 Å². The highest BCUT2D eigenvalue weighted by Crippen LogP contribution is 2.50. The molecule has 0 radical (unpaired) electrons. The molecular weight excluding hydrogens is 322 g/mol. The zero-order valence-electron chi connectivity index (χ0n) is 13.3. The molecule has 0 aliphatic carbocycles. The van der Waals surface area contributed by atoms with Crippen LogP contribution in [0.1, 0.15) is 45.2 Å². The molecule has 0 aliphatic heterocycles. The third kappa shape index (κ3) is 3.82. The molecule has 0 fully saturated rings. The van der Waals surface area contributed by atoms with Gasteiger partial charge in [0.15, 0.2) is 0 Å². The zero-order valence-corrected chi connectivity index (χ0v) is 13.3. The molecule has 0 aromatic heterocycles. The lowest BCUT2D eigenvalue weighted by Gasteiger charge is -2.33. The van der Waals surface area contributed by atoms with Crippen LogP contribution in [-0.2, 0) is 11.0 Å². The summed E-state index contributed by atoms with van der Waals surface area (Å²) in [5.41, 5.74) is -5.90. The first-order valence-corrected chi connectivity index (χ1v) is 7.10. The van der Waals surface area contributed by atoms with Gasteiger partial charge in [-0.25, -0.2) is 0 Å². The predicted molar refractivity (Wildman–Crippen MR) is 74.9 cm³/mol. The molecule has 0 amide bonds. The fourth-order valence-corrected chi connectivity index (χ4v) is 2.79. The Morgan fingerprint density at radius 2 is 1.17 bits per heavy atom. The highest BCUT2D eigenvalue weighted by Gasteiger charge is 2.71. The van der Waals surface area contributed by atoms with Gasteiger partial charge in [-0.2, -0.15) is 26.3 Å². The number of benzene rings is 1. The lowest BCUT2D eigenvalue weighted by atomic mass is 9.77. The Morgan fingerprint density at radius 3 is 1.48 bits per heavy atom. The molecule has 0 spiro atoms. The molecule has 132 valence electrons. The average molecular weight is 342 g/mol. The van der Waals surface area contributed by atoms with E-state index >= 15 is 0 Å². The van der Waals surface area contributed by atoms with E-state index in [4.69, 9.17) is 0 Å². The first-order valence-electron chi connectivity index (χ1n) is 7.10. The summed E-state index contributed by atoms with van der Waals surface area (Å²) >= 11 is 0. The molecule has 1 N–H and O–H groups in total. The van der Waals surface area contributed by atoms with Gasteiger partial charge in [0, 0.05) is 5.56 Å². The van der Waals surface area contributed by atoms with Crippen molar-refractivity contribution < 1.29 is 31.4 Å². The molecule has 1 aromatic carbocycles. The van der Waals surface area contributed by atoms with Crippen molar-refractivity contribution in [2.45, 2.75) is 57.5 Å². The number of rotatable bonds is 4. The standard InChI is InChI=1S/C16H20F6O/c1-10(2)9-13(3,4)11-5-7-12(8-6-11)14(23,15(17,18)19)16(20,21)22/h5-8,10,23H,9H2,1-4H3. The first kappa shape index (κ1) is 19.8. The van der Waals surface area contributed by atoms with E-state index in [0.717, 1.165) is 6.42 Å². The van der Waals surface area contributed by atoms with Crippen molar-refractivity contribution in [3.8, 4) is 0 Å². The van der Waals surface area contributed by atoms with E-state index in [0.29, 0.717) is 23.6 Å². The van der Waals surface area contributed by atoms with Gasteiger partial charge < -0.3 is 5.11 Å². The van der Waals surface area contributed by atoms with Crippen LogP contribution in [0.25, 0.3) is 0 Å². The maximum absolute atomic E-state index is 12.8. The van der Waals surface area contributed by atoms with E-state index < -0.39 is 28.9 Å². The summed E-state index contributed by atoms with van der Waals surface area (Å²) in [5, 5.41) is 9.34. The minimum absolute atomic E-state index is 0.312. The second-order valence-corrected chi connectivity index (χ2v) is 6.77. The molecular formula is C16H20F6O. The van der Waals surface area contributed by atoms with Crippen molar-refractivity contribution in [1.82, 2.24) is 0 Å². The van der Waals surface area contributed by atoms with E-state index in [1.54, 1.807) is 0 Å². The molecule has 23 heavy (non-hydrogen) atoms. The Balaban J connectivity index is 3.31. The first-order chi connectivity index (χ1) is 10.1. The van der Waals surface area contributed by atoms with Gasteiger partial charge in [-0.1, -0.05) is 52.0 Å². The van der Waals surface area contributed by atoms with Crippen molar-refractivity contribution in [3.05, 3.63) is 35.4 Å². The molecule has 0 atom stereocenters. The number of halogens is 6. The second-order valence-electron chi connectivity index (χ2n) is 6.77. The fraction of sp³-hybridized carbons (Fsp3) is 0.625. The van der Waals surface area contributed by atoms with Crippen LogP contribution in [0.5, 0.6) is 0 Å². The Morgan fingerprint density at radius 1 is 0.826 bits per heavy atom. The number of alkyl halides is 6. The van der Waals surface area contributed by atoms with Crippen LogP contribution in [0.2, 0.25) is 0 Å². The molecule has 0 unspecified atom stereocenters. The van der Waals surface area contributed by atoms with Gasteiger partial charge in [-0.15, -0.1) is 0 Å². The smallest absolute Gasteiger partial charge is 0.369 e. The number of aliphatic hydroxyl groups is 1. The lowest BCUT2D eigenvalue weighted by Crippen LogP contribution is -2.53. The van der Waals surface area contributed by atoms with Crippen LogP contribution < -0.4 is 0 Å². The van der Waals surface area contributed by atoms with Gasteiger partial charge in [0.2, 0.25) is 0 Å². The Kier molecular flexibility index (Phi) is 5.17. The predicted octanol–water partition coefficient (Wildman–Crippen LogP) is 5.32. The van der Waals surface area contributed by atoms with E-state index in [9.17, 15) is 31.4 Å². The molecule has 1 aromatic rings. The maximum atomic E-state index is 12.8. The summed E-state index contributed by atoms with van der Waals surface area (Å²) in [7, 11) is 0. The lowest BCUT2D eigenvalue weighted by molar-refractivity contribution is -0.376. The van der Waals surface area contributed by atoms with Gasteiger partial charge >= 0.3 is 12.4 Å². The average Bonchev–Trinajstić information content (AvgIpc) is 2.33. The largest absolute Gasteiger partial charge is 0.430 e. The van der Waals surface area contributed by atoms with Crippen LogP contribution in [0.4, 0.5) is 26.3 Å². The molecule has 0 saturated heterocycles. The molecule has 0 aliphatic rings. The van der Waals surface area contributed by atoms with Crippen LogP contribution in [0.15, 0.2) is 24.3 Å². The molecule has 7 heteroatoms. The van der Waals surface area contributed by atoms with E-state index in [-0.39, 0.29) is 0 Å². The summed E-state index contributed by atoms with van der Waals surface area (Å²) in [6, 6.07) is 3.80. The van der Waals surface area contributed by atoms with Crippen LogP contribution >= 0.6 is 0 Å². The summed E-state index contributed by atoms with van der Waals surface area (Å²) in [6.45, 7) is 7.67. The van der Waals surface area contributed by atoms with E-state index in [1.807, 2.05) is 27.7 Å². The van der Waals surface area contributed by atoms with Crippen LogP contribution in [0, 0.1) is 5.92 Å². The highest BCUT2D eigenvalue weighted by atomic mass is 19.4. The van der Waals surface area contributed by atoms with Gasteiger partial charge in [-0.05, 0) is 23.3 Å². The molecule has 0 heterocycles. The summed E-state index contributed by atoms with van der Waals surface area (Å²) in [6.07, 6.45) is -11.0. The quantitative estimate of drug-likeness (QED) is 0.734. The SMILES string of the molecule is CC(C)CC(C)(C)c1ccc(C(O)(C(F)(F)F)C(F)(F)F)cc1. The monoisotopic (exact) mass is 342 g/mol. The van der Waals surface area contributed by atoms with Gasteiger partial charge in [0.05, 0.1) is 0 Å². The molecule has 1 nitrogen and oxygen atoms in total. The summed E-state index contributed by atoms with van der Waals surface area (Å²) < 4.78 is 76.9. The third-order valence-electron chi connectivity index (χ3n) is 3.82. The highest BCUT2D eigenvalue weighted by molar-refractivity contribution is 5.33. The Labute approximate surface area is 131 Å². The molecule has 0 bridgehead atoms.